The number of para-hydroxylation sites is 1. The Morgan fingerprint density at radius 1 is 1.00 bits per heavy atom. The van der Waals surface area contributed by atoms with E-state index in [1.807, 2.05) is 71.3 Å². The SMILES string of the molecule is NCC1CCCC(Cn2c(C=Cc3ccccc3)nc3ccccc3c2=O)C1. The van der Waals surface area contributed by atoms with E-state index >= 15 is 0 Å². The van der Waals surface area contributed by atoms with Crippen LogP contribution in [0.15, 0.2) is 59.4 Å². The fourth-order valence-corrected chi connectivity index (χ4v) is 4.26. The molecule has 1 heterocycles. The van der Waals surface area contributed by atoms with Crippen LogP contribution < -0.4 is 11.3 Å². The maximum Gasteiger partial charge on any atom is 0.261 e. The minimum absolute atomic E-state index is 0.0492. The van der Waals surface area contributed by atoms with Crippen LogP contribution in [-0.4, -0.2) is 16.1 Å². The Balaban J connectivity index is 1.73. The number of aromatic nitrogens is 2. The van der Waals surface area contributed by atoms with Crippen molar-refractivity contribution >= 4 is 23.1 Å². The molecule has 2 unspecified atom stereocenters. The zero-order chi connectivity index (χ0) is 19.3. The maximum atomic E-state index is 13.2. The van der Waals surface area contributed by atoms with E-state index in [4.69, 9.17) is 10.7 Å². The minimum Gasteiger partial charge on any atom is -0.330 e. The van der Waals surface area contributed by atoms with E-state index in [1.165, 1.54) is 12.8 Å². The van der Waals surface area contributed by atoms with Gasteiger partial charge in [0.1, 0.15) is 5.82 Å². The van der Waals surface area contributed by atoms with Gasteiger partial charge in [-0.15, -0.1) is 0 Å². The summed E-state index contributed by atoms with van der Waals surface area (Å²) in [5, 5.41) is 0.686. The first kappa shape index (κ1) is 18.6. The van der Waals surface area contributed by atoms with E-state index in [1.54, 1.807) is 0 Å². The molecule has 1 saturated carbocycles. The Morgan fingerprint density at radius 2 is 1.75 bits per heavy atom. The Hall–Kier alpha value is -2.72. The molecule has 0 amide bonds. The van der Waals surface area contributed by atoms with Gasteiger partial charge >= 0.3 is 0 Å². The molecule has 3 aromatic rings. The molecule has 0 bridgehead atoms. The molecule has 1 aliphatic carbocycles. The van der Waals surface area contributed by atoms with Gasteiger partial charge < -0.3 is 5.73 Å². The number of hydrogen-bond donors (Lipinski definition) is 1. The molecule has 144 valence electrons. The fraction of sp³-hybridized carbons (Fsp3) is 0.333. The monoisotopic (exact) mass is 373 g/mol. The van der Waals surface area contributed by atoms with Crippen LogP contribution in [0.5, 0.6) is 0 Å². The van der Waals surface area contributed by atoms with Crippen molar-refractivity contribution in [2.75, 3.05) is 6.54 Å². The van der Waals surface area contributed by atoms with Gasteiger partial charge in [0.15, 0.2) is 0 Å². The molecule has 2 atom stereocenters. The third kappa shape index (κ3) is 4.07. The second-order valence-corrected chi connectivity index (χ2v) is 7.78. The molecule has 4 rings (SSSR count). The lowest BCUT2D eigenvalue weighted by Crippen LogP contribution is -2.31. The number of rotatable bonds is 5. The average Bonchev–Trinajstić information content (AvgIpc) is 2.75. The lowest BCUT2D eigenvalue weighted by atomic mass is 9.81. The molecule has 4 heteroatoms. The van der Waals surface area contributed by atoms with Gasteiger partial charge in [0.2, 0.25) is 0 Å². The summed E-state index contributed by atoms with van der Waals surface area (Å²) in [5.41, 5.74) is 7.81. The molecular formula is C24H27N3O. The van der Waals surface area contributed by atoms with Crippen molar-refractivity contribution in [3.8, 4) is 0 Å². The quantitative estimate of drug-likeness (QED) is 0.724. The predicted octanol–water partition coefficient (Wildman–Crippen LogP) is 4.33. The van der Waals surface area contributed by atoms with Crippen molar-refractivity contribution in [2.24, 2.45) is 17.6 Å². The van der Waals surface area contributed by atoms with E-state index in [0.717, 1.165) is 36.3 Å². The molecule has 1 aromatic heterocycles. The molecular weight excluding hydrogens is 346 g/mol. The van der Waals surface area contributed by atoms with Crippen molar-refractivity contribution in [1.29, 1.82) is 0 Å². The van der Waals surface area contributed by atoms with Crippen LogP contribution in [0.3, 0.4) is 0 Å². The highest BCUT2D eigenvalue weighted by atomic mass is 16.1. The number of fused-ring (bicyclic) bond motifs is 1. The molecule has 1 aliphatic rings. The zero-order valence-corrected chi connectivity index (χ0v) is 16.1. The van der Waals surface area contributed by atoms with E-state index in [9.17, 15) is 4.79 Å². The first-order chi connectivity index (χ1) is 13.7. The third-order valence-corrected chi connectivity index (χ3v) is 5.78. The minimum atomic E-state index is 0.0492. The lowest BCUT2D eigenvalue weighted by molar-refractivity contribution is 0.245. The van der Waals surface area contributed by atoms with Crippen LogP contribution in [0.2, 0.25) is 0 Å². The summed E-state index contributed by atoms with van der Waals surface area (Å²) in [6.45, 7) is 1.45. The summed E-state index contributed by atoms with van der Waals surface area (Å²) in [7, 11) is 0. The molecule has 1 fully saturated rings. The van der Waals surface area contributed by atoms with Crippen LogP contribution in [0.4, 0.5) is 0 Å². The van der Waals surface area contributed by atoms with Gasteiger partial charge in [0.25, 0.3) is 5.56 Å². The Kier molecular flexibility index (Phi) is 5.68. The topological polar surface area (TPSA) is 60.9 Å². The Labute approximate surface area is 165 Å². The van der Waals surface area contributed by atoms with Crippen LogP contribution in [0.25, 0.3) is 23.1 Å². The highest BCUT2D eigenvalue weighted by molar-refractivity contribution is 5.79. The normalized spacial score (nSPS) is 20.0. The summed E-state index contributed by atoms with van der Waals surface area (Å²) < 4.78 is 1.87. The van der Waals surface area contributed by atoms with Gasteiger partial charge in [-0.1, -0.05) is 55.0 Å². The predicted molar refractivity (Wildman–Crippen MR) is 116 cm³/mol. The first-order valence-corrected chi connectivity index (χ1v) is 10.2. The van der Waals surface area contributed by atoms with Crippen molar-refractivity contribution in [2.45, 2.75) is 32.2 Å². The van der Waals surface area contributed by atoms with Gasteiger partial charge in [0.05, 0.1) is 10.9 Å². The largest absolute Gasteiger partial charge is 0.330 e. The van der Waals surface area contributed by atoms with Crippen LogP contribution in [0.1, 0.15) is 37.1 Å². The van der Waals surface area contributed by atoms with E-state index < -0.39 is 0 Å². The van der Waals surface area contributed by atoms with Crippen molar-refractivity contribution in [3.05, 3.63) is 76.3 Å². The van der Waals surface area contributed by atoms with Crippen LogP contribution in [-0.2, 0) is 6.54 Å². The number of nitrogens with two attached hydrogens (primary N) is 1. The lowest BCUT2D eigenvalue weighted by Gasteiger charge is -2.29. The summed E-state index contributed by atoms with van der Waals surface area (Å²) in [4.78, 5) is 18.1. The van der Waals surface area contributed by atoms with Crippen molar-refractivity contribution < 1.29 is 0 Å². The first-order valence-electron chi connectivity index (χ1n) is 10.2. The van der Waals surface area contributed by atoms with Crippen molar-refractivity contribution in [1.82, 2.24) is 9.55 Å². The molecule has 2 N–H and O–H groups in total. The standard InChI is InChI=1S/C24H27N3O/c25-16-19-9-6-10-20(15-19)17-27-23(14-13-18-7-2-1-3-8-18)26-22-12-5-4-11-21(22)24(27)28/h1-5,7-8,11-14,19-20H,6,9-10,15-17,25H2. The van der Waals surface area contributed by atoms with Gasteiger partial charge in [-0.2, -0.15) is 0 Å². The van der Waals surface area contributed by atoms with Gasteiger partial charge in [-0.25, -0.2) is 4.98 Å². The van der Waals surface area contributed by atoms with Gasteiger partial charge in [0, 0.05) is 6.54 Å². The number of hydrogen-bond acceptors (Lipinski definition) is 3. The smallest absolute Gasteiger partial charge is 0.261 e. The number of nitrogens with zero attached hydrogens (tertiary/aromatic N) is 2. The average molecular weight is 374 g/mol. The fourth-order valence-electron chi connectivity index (χ4n) is 4.26. The van der Waals surface area contributed by atoms with E-state index in [0.29, 0.717) is 23.8 Å². The maximum absolute atomic E-state index is 13.2. The molecule has 0 radical (unpaired) electrons. The molecule has 4 nitrogen and oxygen atoms in total. The second kappa shape index (κ2) is 8.53. The second-order valence-electron chi connectivity index (χ2n) is 7.78. The van der Waals surface area contributed by atoms with Crippen LogP contribution in [0, 0.1) is 11.8 Å². The van der Waals surface area contributed by atoms with Gasteiger partial charge in [-0.05, 0) is 61.4 Å². The summed E-state index contributed by atoms with van der Waals surface area (Å²) in [6, 6.07) is 17.7. The highest BCUT2D eigenvalue weighted by Crippen LogP contribution is 2.29. The molecule has 28 heavy (non-hydrogen) atoms. The van der Waals surface area contributed by atoms with Gasteiger partial charge in [-0.3, -0.25) is 9.36 Å². The summed E-state index contributed by atoms with van der Waals surface area (Å²) >= 11 is 0. The molecule has 2 aromatic carbocycles. The van der Waals surface area contributed by atoms with Crippen molar-refractivity contribution in [3.63, 3.8) is 0 Å². The number of benzene rings is 2. The molecule has 0 saturated heterocycles. The molecule has 0 aliphatic heterocycles. The zero-order valence-electron chi connectivity index (χ0n) is 16.1. The summed E-state index contributed by atoms with van der Waals surface area (Å²) in [5.74, 6) is 1.78. The van der Waals surface area contributed by atoms with E-state index in [-0.39, 0.29) is 5.56 Å². The summed E-state index contributed by atoms with van der Waals surface area (Å²) in [6.07, 6.45) is 8.63. The Bertz CT molecular complexity index is 1020. The molecule has 0 spiro atoms. The third-order valence-electron chi connectivity index (χ3n) is 5.78. The van der Waals surface area contributed by atoms with Crippen LogP contribution >= 0.6 is 0 Å². The highest BCUT2D eigenvalue weighted by Gasteiger charge is 2.22. The van der Waals surface area contributed by atoms with E-state index in [2.05, 4.69) is 0 Å². The Morgan fingerprint density at radius 3 is 2.57 bits per heavy atom.